The molecule has 21 heavy (non-hydrogen) atoms. The first-order valence-corrected chi connectivity index (χ1v) is 7.92. The van der Waals surface area contributed by atoms with Crippen LogP contribution in [-0.4, -0.2) is 18.3 Å². The van der Waals surface area contributed by atoms with Crippen LogP contribution in [0.15, 0.2) is 53.0 Å². The van der Waals surface area contributed by atoms with E-state index in [2.05, 4.69) is 27.3 Å². The van der Waals surface area contributed by atoms with E-state index in [1.54, 1.807) is 0 Å². The maximum absolute atomic E-state index is 10.3. The number of aliphatic hydroxyl groups excluding tert-OH is 1. The number of halogens is 1. The van der Waals surface area contributed by atoms with Gasteiger partial charge in [-0.25, -0.2) is 0 Å². The van der Waals surface area contributed by atoms with Crippen LogP contribution in [0.1, 0.15) is 29.7 Å². The van der Waals surface area contributed by atoms with Gasteiger partial charge in [0, 0.05) is 29.0 Å². The molecule has 2 aromatic carbocycles. The third-order valence-electron chi connectivity index (χ3n) is 3.75. The zero-order valence-corrected chi connectivity index (χ0v) is 13.2. The van der Waals surface area contributed by atoms with Crippen molar-refractivity contribution in [3.8, 4) is 5.75 Å². The summed E-state index contributed by atoms with van der Waals surface area (Å²) in [6, 6.07) is 16.1. The van der Waals surface area contributed by atoms with Gasteiger partial charge in [0.1, 0.15) is 5.75 Å². The fraction of sp³-hybridized carbons (Fsp3) is 0.294. The second-order valence-electron chi connectivity index (χ2n) is 5.21. The van der Waals surface area contributed by atoms with Crippen molar-refractivity contribution >= 4 is 15.9 Å². The largest absolute Gasteiger partial charge is 0.493 e. The van der Waals surface area contributed by atoms with E-state index in [1.807, 2.05) is 42.5 Å². The van der Waals surface area contributed by atoms with Gasteiger partial charge in [0.2, 0.25) is 0 Å². The predicted molar refractivity (Wildman–Crippen MR) is 86.4 cm³/mol. The van der Waals surface area contributed by atoms with Gasteiger partial charge in [-0.3, -0.25) is 0 Å². The molecule has 0 fully saturated rings. The third-order valence-corrected chi connectivity index (χ3v) is 4.24. The molecule has 0 saturated heterocycles. The van der Waals surface area contributed by atoms with Crippen molar-refractivity contribution in [2.24, 2.45) is 0 Å². The summed E-state index contributed by atoms with van der Waals surface area (Å²) in [6.45, 7) is 1.23. The number of para-hydroxylation sites is 1. The molecule has 0 saturated carbocycles. The van der Waals surface area contributed by atoms with Crippen LogP contribution in [0.5, 0.6) is 5.75 Å². The lowest BCUT2D eigenvalue weighted by atomic mass is 10.00. The Kier molecular flexibility index (Phi) is 4.58. The van der Waals surface area contributed by atoms with Crippen LogP contribution in [0.25, 0.3) is 0 Å². The second kappa shape index (κ2) is 6.60. The van der Waals surface area contributed by atoms with Gasteiger partial charge in [-0.15, -0.1) is 0 Å². The fourth-order valence-electron chi connectivity index (χ4n) is 2.64. The molecule has 0 radical (unpaired) electrons. The summed E-state index contributed by atoms with van der Waals surface area (Å²) in [6.07, 6.45) is 0.403. The fourth-order valence-corrected chi connectivity index (χ4v) is 3.06. The smallest absolute Gasteiger partial charge is 0.124 e. The average Bonchev–Trinajstić information content (AvgIpc) is 2.52. The highest BCUT2D eigenvalue weighted by molar-refractivity contribution is 9.10. The Morgan fingerprint density at radius 2 is 2.10 bits per heavy atom. The normalized spacial score (nSPS) is 18.7. The van der Waals surface area contributed by atoms with E-state index in [1.165, 1.54) is 5.56 Å². The Morgan fingerprint density at radius 1 is 1.24 bits per heavy atom. The van der Waals surface area contributed by atoms with E-state index in [9.17, 15) is 5.11 Å². The number of fused-ring (bicyclic) bond motifs is 1. The number of aliphatic hydroxyl groups is 1. The van der Waals surface area contributed by atoms with E-state index in [-0.39, 0.29) is 6.04 Å². The highest BCUT2D eigenvalue weighted by Crippen LogP contribution is 2.31. The Hall–Kier alpha value is -1.36. The van der Waals surface area contributed by atoms with Crippen molar-refractivity contribution in [2.45, 2.75) is 18.6 Å². The summed E-state index contributed by atoms with van der Waals surface area (Å²) in [5.74, 6) is 0.943. The van der Waals surface area contributed by atoms with Gasteiger partial charge in [-0.05, 0) is 23.8 Å². The van der Waals surface area contributed by atoms with Gasteiger partial charge in [0.15, 0.2) is 0 Å². The second-order valence-corrected chi connectivity index (χ2v) is 6.12. The molecule has 1 aliphatic heterocycles. The van der Waals surface area contributed by atoms with Gasteiger partial charge in [-0.2, -0.15) is 0 Å². The first kappa shape index (κ1) is 14.6. The lowest BCUT2D eigenvalue weighted by molar-refractivity contribution is 0.162. The van der Waals surface area contributed by atoms with Crippen LogP contribution in [0.3, 0.4) is 0 Å². The SMILES string of the molecule is OC(CNC1CCOc2ccccc21)c1cccc(Br)c1. The number of rotatable bonds is 4. The van der Waals surface area contributed by atoms with Crippen molar-refractivity contribution in [1.29, 1.82) is 0 Å². The van der Waals surface area contributed by atoms with Crippen LogP contribution in [0.2, 0.25) is 0 Å². The molecular formula is C17H18BrNO2. The van der Waals surface area contributed by atoms with Crippen molar-refractivity contribution in [1.82, 2.24) is 5.32 Å². The Bertz CT molecular complexity index is 617. The van der Waals surface area contributed by atoms with Gasteiger partial charge in [0.05, 0.1) is 12.7 Å². The summed E-state index contributed by atoms with van der Waals surface area (Å²) in [5.41, 5.74) is 2.09. The number of hydrogen-bond acceptors (Lipinski definition) is 3. The summed E-state index contributed by atoms with van der Waals surface area (Å²) >= 11 is 3.43. The van der Waals surface area contributed by atoms with Gasteiger partial charge in [-0.1, -0.05) is 46.3 Å². The maximum atomic E-state index is 10.3. The minimum Gasteiger partial charge on any atom is -0.493 e. The van der Waals surface area contributed by atoms with Crippen LogP contribution in [0, 0.1) is 0 Å². The molecule has 0 aromatic heterocycles. The minimum atomic E-state index is -0.516. The molecule has 3 nitrogen and oxygen atoms in total. The molecule has 3 rings (SSSR count). The first-order chi connectivity index (χ1) is 10.2. The standard InChI is InChI=1S/C17H18BrNO2/c18-13-5-3-4-12(10-13)16(20)11-19-15-8-9-21-17-7-2-1-6-14(15)17/h1-7,10,15-16,19-20H,8-9,11H2. The molecule has 2 N–H and O–H groups in total. The zero-order valence-electron chi connectivity index (χ0n) is 11.6. The van der Waals surface area contributed by atoms with E-state index < -0.39 is 6.10 Å². The number of benzene rings is 2. The molecule has 4 heteroatoms. The van der Waals surface area contributed by atoms with Crippen LogP contribution < -0.4 is 10.1 Å². The van der Waals surface area contributed by atoms with E-state index in [4.69, 9.17) is 4.74 Å². The quantitative estimate of drug-likeness (QED) is 0.887. The van der Waals surface area contributed by atoms with Gasteiger partial charge < -0.3 is 15.2 Å². The first-order valence-electron chi connectivity index (χ1n) is 7.12. The molecule has 0 spiro atoms. The monoisotopic (exact) mass is 347 g/mol. The molecular weight excluding hydrogens is 330 g/mol. The summed E-state index contributed by atoms with van der Waals surface area (Å²) < 4.78 is 6.63. The van der Waals surface area contributed by atoms with E-state index in [0.29, 0.717) is 13.2 Å². The predicted octanol–water partition coefficient (Wildman–Crippen LogP) is 3.60. The molecule has 2 aromatic rings. The van der Waals surface area contributed by atoms with Crippen LogP contribution >= 0.6 is 15.9 Å². The molecule has 2 unspecified atom stereocenters. The molecule has 1 aliphatic rings. The Morgan fingerprint density at radius 3 is 2.95 bits per heavy atom. The molecule has 110 valence electrons. The number of nitrogens with one attached hydrogen (secondary N) is 1. The highest BCUT2D eigenvalue weighted by atomic mass is 79.9. The van der Waals surface area contributed by atoms with Crippen molar-refractivity contribution in [3.05, 3.63) is 64.1 Å². The van der Waals surface area contributed by atoms with Gasteiger partial charge in [0.25, 0.3) is 0 Å². The van der Waals surface area contributed by atoms with Crippen molar-refractivity contribution in [3.63, 3.8) is 0 Å². The van der Waals surface area contributed by atoms with Gasteiger partial charge >= 0.3 is 0 Å². The Labute approximate surface area is 133 Å². The van der Waals surface area contributed by atoms with Crippen molar-refractivity contribution < 1.29 is 9.84 Å². The summed E-state index contributed by atoms with van der Waals surface area (Å²) in [4.78, 5) is 0. The average molecular weight is 348 g/mol. The third kappa shape index (κ3) is 3.46. The zero-order chi connectivity index (χ0) is 14.7. The molecule has 0 aliphatic carbocycles. The Balaban J connectivity index is 1.66. The van der Waals surface area contributed by atoms with E-state index in [0.717, 1.165) is 22.2 Å². The molecule has 1 heterocycles. The van der Waals surface area contributed by atoms with Crippen LogP contribution in [0.4, 0.5) is 0 Å². The topological polar surface area (TPSA) is 41.5 Å². The van der Waals surface area contributed by atoms with Crippen molar-refractivity contribution in [2.75, 3.05) is 13.2 Å². The molecule has 2 atom stereocenters. The molecule has 0 amide bonds. The lowest BCUT2D eigenvalue weighted by Gasteiger charge is -2.27. The summed E-state index contributed by atoms with van der Waals surface area (Å²) in [7, 11) is 0. The maximum Gasteiger partial charge on any atom is 0.124 e. The highest BCUT2D eigenvalue weighted by Gasteiger charge is 2.21. The minimum absolute atomic E-state index is 0.233. The lowest BCUT2D eigenvalue weighted by Crippen LogP contribution is -2.30. The molecule has 0 bridgehead atoms. The van der Waals surface area contributed by atoms with E-state index >= 15 is 0 Å². The summed E-state index contributed by atoms with van der Waals surface area (Å²) in [5, 5.41) is 13.8. The number of hydrogen-bond donors (Lipinski definition) is 2. The van der Waals surface area contributed by atoms with Crippen LogP contribution in [-0.2, 0) is 0 Å². The number of ether oxygens (including phenoxy) is 1.